The van der Waals surface area contributed by atoms with Crippen molar-refractivity contribution in [2.24, 2.45) is 5.92 Å². The smallest absolute Gasteiger partial charge is 0.168 e. The van der Waals surface area contributed by atoms with Crippen LogP contribution in [0.15, 0.2) is 72.8 Å². The minimum Gasteiger partial charge on any atom is -0.497 e. The topological polar surface area (TPSA) is 48.0 Å². The number of nitrogens with zero attached hydrogens (tertiary/aromatic N) is 1. The highest BCUT2D eigenvalue weighted by Gasteiger charge is 2.33. The number of hydrogen-bond acceptors (Lipinski definition) is 5. The molecule has 3 aromatic rings. The summed E-state index contributed by atoms with van der Waals surface area (Å²) in [5.41, 5.74) is 2.66. The number of ketones is 1. The van der Waals surface area contributed by atoms with Crippen LogP contribution in [0.4, 0.5) is 0 Å². The summed E-state index contributed by atoms with van der Waals surface area (Å²) >= 11 is 0. The molecule has 1 unspecified atom stereocenters. The number of carbonyl (C=O) groups is 1. The summed E-state index contributed by atoms with van der Waals surface area (Å²) in [6.45, 7) is 0.579. The van der Waals surface area contributed by atoms with Gasteiger partial charge in [0.2, 0.25) is 0 Å². The third kappa shape index (κ3) is 5.48. The molecule has 0 bridgehead atoms. The van der Waals surface area contributed by atoms with Crippen LogP contribution in [0, 0.1) is 5.92 Å². The van der Waals surface area contributed by atoms with Crippen molar-refractivity contribution in [2.45, 2.75) is 5.92 Å². The molecule has 0 saturated heterocycles. The molecule has 0 heterocycles. The Balaban J connectivity index is 2.17. The predicted molar refractivity (Wildman–Crippen MR) is 127 cm³/mol. The fourth-order valence-corrected chi connectivity index (χ4v) is 4.05. The maximum Gasteiger partial charge on any atom is 0.168 e. The van der Waals surface area contributed by atoms with E-state index in [0.717, 1.165) is 22.6 Å². The van der Waals surface area contributed by atoms with Crippen LogP contribution in [0.1, 0.15) is 27.4 Å². The Kier molecular flexibility index (Phi) is 7.90. The lowest BCUT2D eigenvalue weighted by atomic mass is 9.76. The zero-order chi connectivity index (χ0) is 23.1. The third-order valence-corrected chi connectivity index (χ3v) is 5.56. The van der Waals surface area contributed by atoms with E-state index in [1.54, 1.807) is 27.4 Å². The second kappa shape index (κ2) is 10.8. The second-order valence-electron chi connectivity index (χ2n) is 8.00. The molecule has 0 amide bonds. The molecule has 0 aliphatic carbocycles. The van der Waals surface area contributed by atoms with Gasteiger partial charge in [-0.15, -0.1) is 0 Å². The average molecular weight is 434 g/mol. The lowest BCUT2D eigenvalue weighted by molar-refractivity contribution is 0.0882. The van der Waals surface area contributed by atoms with E-state index >= 15 is 0 Å². The molecular weight excluding hydrogens is 402 g/mol. The highest BCUT2D eigenvalue weighted by atomic mass is 16.5. The SMILES string of the molecule is COc1cccc(C(=O)C(CN(C)C)C(c2cccc(OC)c2)c2cccc(OC)c2)c1. The molecule has 0 aliphatic heterocycles. The van der Waals surface area contributed by atoms with Crippen LogP contribution in [0.3, 0.4) is 0 Å². The van der Waals surface area contributed by atoms with Crippen molar-refractivity contribution in [1.29, 1.82) is 0 Å². The van der Waals surface area contributed by atoms with Gasteiger partial charge < -0.3 is 19.1 Å². The van der Waals surface area contributed by atoms with E-state index in [1.165, 1.54) is 0 Å². The Bertz CT molecular complexity index is 1000. The summed E-state index contributed by atoms with van der Waals surface area (Å²) in [6, 6.07) is 23.2. The van der Waals surface area contributed by atoms with E-state index in [9.17, 15) is 4.79 Å². The number of carbonyl (C=O) groups excluding carboxylic acids is 1. The van der Waals surface area contributed by atoms with Crippen molar-refractivity contribution in [3.8, 4) is 17.2 Å². The lowest BCUT2D eigenvalue weighted by Gasteiger charge is -2.30. The predicted octanol–water partition coefficient (Wildman–Crippen LogP) is 4.91. The van der Waals surface area contributed by atoms with E-state index < -0.39 is 0 Å². The fraction of sp³-hybridized carbons (Fsp3) is 0.296. The number of hydrogen-bond donors (Lipinski definition) is 0. The molecule has 3 aromatic carbocycles. The van der Waals surface area contributed by atoms with Crippen molar-refractivity contribution in [2.75, 3.05) is 42.0 Å². The van der Waals surface area contributed by atoms with E-state index in [2.05, 4.69) is 4.90 Å². The van der Waals surface area contributed by atoms with Gasteiger partial charge in [-0.25, -0.2) is 0 Å². The van der Waals surface area contributed by atoms with Crippen LogP contribution >= 0.6 is 0 Å². The summed E-state index contributed by atoms with van der Waals surface area (Å²) in [5.74, 6) is 1.71. The molecule has 0 saturated carbocycles. The first-order valence-corrected chi connectivity index (χ1v) is 10.6. The van der Waals surface area contributed by atoms with Gasteiger partial charge in [-0.05, 0) is 61.6 Å². The standard InChI is InChI=1S/C27H31NO4/c1-28(2)18-25(27(29)21-11-8-14-24(17-21)32-5)26(19-9-6-12-22(15-19)30-3)20-10-7-13-23(16-20)31-4/h6-17,25-26H,18H2,1-5H3. The van der Waals surface area contributed by atoms with Gasteiger partial charge in [0.05, 0.1) is 21.3 Å². The molecule has 168 valence electrons. The van der Waals surface area contributed by atoms with Crippen LogP contribution in [0.2, 0.25) is 0 Å². The zero-order valence-corrected chi connectivity index (χ0v) is 19.4. The summed E-state index contributed by atoms with van der Waals surface area (Å²) in [5, 5.41) is 0. The van der Waals surface area contributed by atoms with Gasteiger partial charge in [-0.1, -0.05) is 36.4 Å². The van der Waals surface area contributed by atoms with Gasteiger partial charge in [0, 0.05) is 23.9 Å². The molecule has 5 heteroatoms. The Morgan fingerprint density at radius 1 is 0.750 bits per heavy atom. The molecule has 0 radical (unpaired) electrons. The van der Waals surface area contributed by atoms with E-state index in [4.69, 9.17) is 14.2 Å². The molecule has 0 aliphatic rings. The fourth-order valence-electron chi connectivity index (χ4n) is 4.05. The minimum atomic E-state index is -0.337. The second-order valence-corrected chi connectivity index (χ2v) is 8.00. The highest BCUT2D eigenvalue weighted by Crippen LogP contribution is 2.37. The van der Waals surface area contributed by atoms with Crippen LogP contribution < -0.4 is 14.2 Å². The first-order valence-electron chi connectivity index (χ1n) is 10.6. The van der Waals surface area contributed by atoms with Gasteiger partial charge in [-0.3, -0.25) is 4.79 Å². The van der Waals surface area contributed by atoms with Crippen LogP contribution in [0.25, 0.3) is 0 Å². The molecule has 0 N–H and O–H groups in total. The lowest BCUT2D eigenvalue weighted by Crippen LogP contribution is -2.33. The van der Waals surface area contributed by atoms with Crippen molar-refractivity contribution in [3.63, 3.8) is 0 Å². The Morgan fingerprint density at radius 2 is 1.22 bits per heavy atom. The summed E-state index contributed by atoms with van der Waals surface area (Å²) < 4.78 is 16.3. The molecule has 0 spiro atoms. The van der Waals surface area contributed by atoms with Crippen molar-refractivity contribution in [1.82, 2.24) is 4.90 Å². The Labute approximate surface area is 190 Å². The van der Waals surface area contributed by atoms with Gasteiger partial charge >= 0.3 is 0 Å². The minimum absolute atomic E-state index is 0.0632. The Morgan fingerprint density at radius 3 is 1.69 bits per heavy atom. The number of benzene rings is 3. The average Bonchev–Trinajstić information content (AvgIpc) is 2.83. The molecule has 3 rings (SSSR count). The van der Waals surface area contributed by atoms with Crippen LogP contribution in [0.5, 0.6) is 17.2 Å². The largest absolute Gasteiger partial charge is 0.497 e. The maximum absolute atomic E-state index is 13.9. The number of methoxy groups -OCH3 is 3. The van der Waals surface area contributed by atoms with Gasteiger partial charge in [-0.2, -0.15) is 0 Å². The first-order chi connectivity index (χ1) is 15.5. The van der Waals surface area contributed by atoms with Crippen molar-refractivity contribution >= 4 is 5.78 Å². The molecule has 5 nitrogen and oxygen atoms in total. The normalized spacial score (nSPS) is 12.0. The monoisotopic (exact) mass is 433 g/mol. The summed E-state index contributed by atoms with van der Waals surface area (Å²) in [7, 11) is 8.88. The first kappa shape index (κ1) is 23.4. The molecular formula is C27H31NO4. The van der Waals surface area contributed by atoms with E-state index in [0.29, 0.717) is 17.9 Å². The Hall–Kier alpha value is -3.31. The molecule has 1 atom stereocenters. The van der Waals surface area contributed by atoms with Gasteiger partial charge in [0.1, 0.15) is 17.2 Å². The van der Waals surface area contributed by atoms with Crippen LogP contribution in [-0.4, -0.2) is 52.7 Å². The molecule has 32 heavy (non-hydrogen) atoms. The summed E-state index contributed by atoms with van der Waals surface area (Å²) in [4.78, 5) is 16.0. The van der Waals surface area contributed by atoms with E-state index in [-0.39, 0.29) is 17.6 Å². The highest BCUT2D eigenvalue weighted by molar-refractivity contribution is 5.99. The third-order valence-electron chi connectivity index (χ3n) is 5.56. The maximum atomic E-state index is 13.9. The molecule has 0 aromatic heterocycles. The summed E-state index contributed by atoms with van der Waals surface area (Å²) in [6.07, 6.45) is 0. The quantitative estimate of drug-likeness (QED) is 0.426. The number of rotatable bonds is 10. The zero-order valence-electron chi connectivity index (χ0n) is 19.4. The molecule has 0 fully saturated rings. The van der Waals surface area contributed by atoms with Gasteiger partial charge in [0.25, 0.3) is 0 Å². The van der Waals surface area contributed by atoms with E-state index in [1.807, 2.05) is 80.8 Å². The van der Waals surface area contributed by atoms with Gasteiger partial charge in [0.15, 0.2) is 5.78 Å². The van der Waals surface area contributed by atoms with Crippen molar-refractivity contribution < 1.29 is 19.0 Å². The van der Waals surface area contributed by atoms with Crippen molar-refractivity contribution in [3.05, 3.63) is 89.5 Å². The number of Topliss-reactive ketones (excluding diaryl/α,β-unsaturated/α-hetero) is 1. The number of ether oxygens (including phenoxy) is 3. The van der Waals surface area contributed by atoms with Crippen LogP contribution in [-0.2, 0) is 0 Å².